The van der Waals surface area contributed by atoms with E-state index in [1.165, 1.54) is 5.56 Å². The molecule has 0 aromatic heterocycles. The maximum atomic E-state index is 12.6. The van der Waals surface area contributed by atoms with Gasteiger partial charge in [0.2, 0.25) is 0 Å². The van der Waals surface area contributed by atoms with Crippen molar-refractivity contribution in [3.8, 4) is 0 Å². The lowest BCUT2D eigenvalue weighted by atomic mass is 10.1. The molecule has 0 saturated heterocycles. The highest BCUT2D eigenvalue weighted by molar-refractivity contribution is 6.30. The van der Waals surface area contributed by atoms with Gasteiger partial charge in [0.1, 0.15) is 0 Å². The second-order valence-electron chi connectivity index (χ2n) is 7.40. The van der Waals surface area contributed by atoms with E-state index >= 15 is 0 Å². The Kier molecular flexibility index (Phi) is 7.65. The molecular weight excluding hydrogens is 412 g/mol. The summed E-state index contributed by atoms with van der Waals surface area (Å²) in [5.74, 6) is -0.201. The maximum absolute atomic E-state index is 12.6. The highest BCUT2D eigenvalue weighted by Crippen LogP contribution is 2.14. The first kappa shape index (κ1) is 22.3. The van der Waals surface area contributed by atoms with Crippen LogP contribution in [0.2, 0.25) is 5.02 Å². The van der Waals surface area contributed by atoms with Gasteiger partial charge in [-0.1, -0.05) is 35.9 Å². The smallest absolute Gasteiger partial charge is 0.319 e. The molecule has 0 aliphatic rings. The standard InChI is InChI=1S/C24H25ClN4O2/c1-29(2)16-17-6-10-21(11-7-17)27-23(30)19-5-3-4-18(14-19)15-26-24(31)28-22-12-8-20(25)9-13-22/h3-14H,15-16H2,1-2H3,(H,27,30)(H2,26,28,31). The summed E-state index contributed by atoms with van der Waals surface area (Å²) in [7, 11) is 4.03. The molecule has 0 unspecified atom stereocenters. The normalized spacial score (nSPS) is 10.6. The van der Waals surface area contributed by atoms with Gasteiger partial charge < -0.3 is 20.9 Å². The van der Waals surface area contributed by atoms with E-state index in [0.29, 0.717) is 22.8 Å². The highest BCUT2D eigenvalue weighted by atomic mass is 35.5. The van der Waals surface area contributed by atoms with Gasteiger partial charge in [-0.05, 0) is 73.8 Å². The molecule has 0 atom stereocenters. The molecule has 7 heteroatoms. The first-order chi connectivity index (χ1) is 14.9. The Morgan fingerprint density at radius 3 is 2.16 bits per heavy atom. The van der Waals surface area contributed by atoms with Crippen LogP contribution < -0.4 is 16.0 Å². The predicted octanol–water partition coefficient (Wildman–Crippen LogP) is 4.98. The van der Waals surface area contributed by atoms with Crippen LogP contribution in [0.3, 0.4) is 0 Å². The molecule has 0 aliphatic heterocycles. The lowest BCUT2D eigenvalue weighted by molar-refractivity contribution is 0.102. The highest BCUT2D eigenvalue weighted by Gasteiger charge is 2.08. The summed E-state index contributed by atoms with van der Waals surface area (Å²) in [6, 6.07) is 21.4. The molecule has 0 fully saturated rings. The first-order valence-electron chi connectivity index (χ1n) is 9.83. The number of carbonyl (C=O) groups excluding carboxylic acids is 2. The topological polar surface area (TPSA) is 73.5 Å². The Hall–Kier alpha value is -3.35. The fourth-order valence-corrected chi connectivity index (χ4v) is 3.10. The average Bonchev–Trinajstić information content (AvgIpc) is 2.75. The molecule has 3 aromatic carbocycles. The first-order valence-corrected chi connectivity index (χ1v) is 10.2. The molecule has 0 bridgehead atoms. The second kappa shape index (κ2) is 10.6. The third-order valence-electron chi connectivity index (χ3n) is 4.45. The van der Waals surface area contributed by atoms with E-state index in [2.05, 4.69) is 20.9 Å². The molecule has 0 aliphatic carbocycles. The summed E-state index contributed by atoms with van der Waals surface area (Å²) in [6.45, 7) is 1.13. The van der Waals surface area contributed by atoms with Gasteiger partial charge in [0.05, 0.1) is 0 Å². The Balaban J connectivity index is 1.54. The van der Waals surface area contributed by atoms with E-state index in [-0.39, 0.29) is 11.9 Å². The van der Waals surface area contributed by atoms with Crippen LogP contribution in [-0.2, 0) is 13.1 Å². The van der Waals surface area contributed by atoms with Crippen molar-refractivity contribution in [3.63, 3.8) is 0 Å². The molecule has 0 spiro atoms. The van der Waals surface area contributed by atoms with Gasteiger partial charge >= 0.3 is 6.03 Å². The van der Waals surface area contributed by atoms with E-state index in [1.807, 2.05) is 44.4 Å². The number of amides is 3. The fraction of sp³-hybridized carbons (Fsp3) is 0.167. The van der Waals surface area contributed by atoms with Crippen LogP contribution in [0.4, 0.5) is 16.2 Å². The molecule has 0 radical (unpaired) electrons. The number of hydrogen-bond acceptors (Lipinski definition) is 3. The van der Waals surface area contributed by atoms with Crippen LogP contribution in [0, 0.1) is 0 Å². The van der Waals surface area contributed by atoms with E-state index in [4.69, 9.17) is 11.6 Å². The average molecular weight is 437 g/mol. The lowest BCUT2D eigenvalue weighted by Crippen LogP contribution is -2.28. The van der Waals surface area contributed by atoms with Crippen LogP contribution in [0.25, 0.3) is 0 Å². The second-order valence-corrected chi connectivity index (χ2v) is 7.84. The molecule has 31 heavy (non-hydrogen) atoms. The minimum absolute atomic E-state index is 0.201. The lowest BCUT2D eigenvalue weighted by Gasteiger charge is -2.11. The molecule has 0 saturated carbocycles. The van der Waals surface area contributed by atoms with E-state index < -0.39 is 0 Å². The van der Waals surface area contributed by atoms with Gasteiger partial charge in [-0.3, -0.25) is 4.79 Å². The van der Waals surface area contributed by atoms with Gasteiger partial charge in [-0.15, -0.1) is 0 Å². The van der Waals surface area contributed by atoms with E-state index in [9.17, 15) is 9.59 Å². The summed E-state index contributed by atoms with van der Waals surface area (Å²) in [5.41, 5.74) is 3.90. The van der Waals surface area contributed by atoms with Crippen LogP contribution in [0.5, 0.6) is 0 Å². The number of hydrogen-bond donors (Lipinski definition) is 3. The predicted molar refractivity (Wildman–Crippen MR) is 126 cm³/mol. The Morgan fingerprint density at radius 2 is 1.48 bits per heavy atom. The number of urea groups is 1. The summed E-state index contributed by atoms with van der Waals surface area (Å²) in [5, 5.41) is 9.02. The van der Waals surface area contributed by atoms with Crippen molar-refractivity contribution in [2.24, 2.45) is 0 Å². The quantitative estimate of drug-likeness (QED) is 0.489. The van der Waals surface area contributed by atoms with Crippen molar-refractivity contribution in [2.45, 2.75) is 13.1 Å². The molecule has 160 valence electrons. The molecular formula is C24H25ClN4O2. The Morgan fingerprint density at radius 1 is 0.839 bits per heavy atom. The van der Waals surface area contributed by atoms with E-state index in [1.54, 1.807) is 42.5 Å². The molecule has 3 N–H and O–H groups in total. The van der Waals surface area contributed by atoms with Crippen molar-refractivity contribution in [1.29, 1.82) is 0 Å². The Bertz CT molecular complexity index is 1030. The summed E-state index contributed by atoms with van der Waals surface area (Å²) in [4.78, 5) is 26.8. The maximum Gasteiger partial charge on any atom is 0.319 e. The van der Waals surface area contributed by atoms with E-state index in [0.717, 1.165) is 17.8 Å². The number of carbonyl (C=O) groups is 2. The molecule has 3 aromatic rings. The van der Waals surface area contributed by atoms with Crippen molar-refractivity contribution in [1.82, 2.24) is 10.2 Å². The van der Waals surface area contributed by atoms with Gasteiger partial charge in [-0.25, -0.2) is 4.79 Å². The third kappa shape index (κ3) is 7.13. The van der Waals surface area contributed by atoms with Crippen LogP contribution in [0.1, 0.15) is 21.5 Å². The van der Waals surface area contributed by atoms with Crippen molar-refractivity contribution in [3.05, 3.63) is 94.5 Å². The number of anilines is 2. The van der Waals surface area contributed by atoms with Crippen molar-refractivity contribution in [2.75, 3.05) is 24.7 Å². The van der Waals surface area contributed by atoms with Crippen molar-refractivity contribution >= 4 is 34.9 Å². The van der Waals surface area contributed by atoms with Gasteiger partial charge in [0.15, 0.2) is 0 Å². The summed E-state index contributed by atoms with van der Waals surface area (Å²) < 4.78 is 0. The van der Waals surface area contributed by atoms with Gasteiger partial charge in [0.25, 0.3) is 5.91 Å². The van der Waals surface area contributed by atoms with Gasteiger partial charge in [0, 0.05) is 35.1 Å². The monoisotopic (exact) mass is 436 g/mol. The zero-order valence-electron chi connectivity index (χ0n) is 17.5. The number of nitrogens with zero attached hydrogens (tertiary/aromatic N) is 1. The number of benzene rings is 3. The molecule has 6 nitrogen and oxygen atoms in total. The largest absolute Gasteiger partial charge is 0.334 e. The van der Waals surface area contributed by atoms with Crippen molar-refractivity contribution < 1.29 is 9.59 Å². The Labute approximate surface area is 187 Å². The zero-order chi connectivity index (χ0) is 22.2. The minimum Gasteiger partial charge on any atom is -0.334 e. The number of halogens is 1. The zero-order valence-corrected chi connectivity index (χ0v) is 18.2. The van der Waals surface area contributed by atoms with Crippen LogP contribution in [0.15, 0.2) is 72.8 Å². The third-order valence-corrected chi connectivity index (χ3v) is 4.71. The SMILES string of the molecule is CN(C)Cc1ccc(NC(=O)c2cccc(CNC(=O)Nc3ccc(Cl)cc3)c2)cc1. The summed E-state index contributed by atoms with van der Waals surface area (Å²) in [6.07, 6.45) is 0. The fourth-order valence-electron chi connectivity index (χ4n) is 2.98. The number of rotatable bonds is 7. The molecule has 0 heterocycles. The van der Waals surface area contributed by atoms with Crippen LogP contribution in [-0.4, -0.2) is 30.9 Å². The number of nitrogens with one attached hydrogen (secondary N) is 3. The molecule has 3 rings (SSSR count). The summed E-state index contributed by atoms with van der Waals surface area (Å²) >= 11 is 5.84. The van der Waals surface area contributed by atoms with Crippen LogP contribution >= 0.6 is 11.6 Å². The molecule has 3 amide bonds. The van der Waals surface area contributed by atoms with Gasteiger partial charge in [-0.2, -0.15) is 0 Å². The minimum atomic E-state index is -0.338.